The summed E-state index contributed by atoms with van der Waals surface area (Å²) in [6, 6.07) is 8.55. The SMILES string of the molecule is CC(=O)Nc1cccc(C2CCCCN2)c1.Cl. The Labute approximate surface area is 108 Å². The van der Waals surface area contributed by atoms with Gasteiger partial charge in [-0.1, -0.05) is 18.6 Å². The number of piperidine rings is 1. The maximum Gasteiger partial charge on any atom is 0.221 e. The minimum absolute atomic E-state index is 0. The molecule has 0 aromatic heterocycles. The molecule has 1 saturated heterocycles. The Morgan fingerprint density at radius 1 is 1.41 bits per heavy atom. The molecule has 0 bridgehead atoms. The van der Waals surface area contributed by atoms with Crippen molar-refractivity contribution in [3.05, 3.63) is 29.8 Å². The first-order chi connectivity index (χ1) is 7.75. The fourth-order valence-electron chi connectivity index (χ4n) is 2.17. The third-order valence-electron chi connectivity index (χ3n) is 2.92. The molecule has 1 aliphatic heterocycles. The minimum Gasteiger partial charge on any atom is -0.326 e. The molecule has 94 valence electrons. The highest BCUT2D eigenvalue weighted by molar-refractivity contribution is 5.88. The molecular weight excluding hydrogens is 236 g/mol. The van der Waals surface area contributed by atoms with Gasteiger partial charge in [-0.15, -0.1) is 12.4 Å². The smallest absolute Gasteiger partial charge is 0.221 e. The number of amides is 1. The van der Waals surface area contributed by atoms with E-state index in [0.29, 0.717) is 6.04 Å². The fourth-order valence-corrected chi connectivity index (χ4v) is 2.17. The molecule has 2 rings (SSSR count). The van der Waals surface area contributed by atoms with Crippen LogP contribution in [0.4, 0.5) is 5.69 Å². The van der Waals surface area contributed by atoms with Crippen molar-refractivity contribution in [1.29, 1.82) is 0 Å². The van der Waals surface area contributed by atoms with Crippen LogP contribution in [-0.4, -0.2) is 12.5 Å². The summed E-state index contributed by atoms with van der Waals surface area (Å²) >= 11 is 0. The average molecular weight is 255 g/mol. The van der Waals surface area contributed by atoms with Gasteiger partial charge < -0.3 is 10.6 Å². The Bertz CT molecular complexity index is 375. The van der Waals surface area contributed by atoms with Gasteiger partial charge in [0.25, 0.3) is 0 Å². The van der Waals surface area contributed by atoms with E-state index in [1.54, 1.807) is 0 Å². The second kappa shape index (κ2) is 6.62. The van der Waals surface area contributed by atoms with Crippen LogP contribution in [0.25, 0.3) is 0 Å². The highest BCUT2D eigenvalue weighted by atomic mass is 35.5. The van der Waals surface area contributed by atoms with E-state index in [4.69, 9.17) is 0 Å². The number of hydrogen-bond acceptors (Lipinski definition) is 2. The van der Waals surface area contributed by atoms with Gasteiger partial charge >= 0.3 is 0 Å². The van der Waals surface area contributed by atoms with Crippen molar-refractivity contribution in [2.45, 2.75) is 32.2 Å². The highest BCUT2D eigenvalue weighted by Crippen LogP contribution is 2.24. The zero-order valence-corrected chi connectivity index (χ0v) is 10.8. The van der Waals surface area contributed by atoms with E-state index >= 15 is 0 Å². The van der Waals surface area contributed by atoms with Crippen molar-refractivity contribution in [2.24, 2.45) is 0 Å². The molecule has 1 atom stereocenters. The third-order valence-corrected chi connectivity index (χ3v) is 2.92. The molecule has 1 heterocycles. The quantitative estimate of drug-likeness (QED) is 0.852. The summed E-state index contributed by atoms with van der Waals surface area (Å²) in [4.78, 5) is 11.0. The molecule has 1 unspecified atom stereocenters. The number of halogens is 1. The van der Waals surface area contributed by atoms with E-state index in [2.05, 4.69) is 22.8 Å². The van der Waals surface area contributed by atoms with Gasteiger partial charge in [-0.3, -0.25) is 4.79 Å². The largest absolute Gasteiger partial charge is 0.326 e. The third kappa shape index (κ3) is 4.02. The van der Waals surface area contributed by atoms with E-state index < -0.39 is 0 Å². The van der Waals surface area contributed by atoms with Gasteiger partial charge in [-0.25, -0.2) is 0 Å². The van der Waals surface area contributed by atoms with Crippen LogP contribution in [0.2, 0.25) is 0 Å². The van der Waals surface area contributed by atoms with Crippen molar-refractivity contribution in [2.75, 3.05) is 11.9 Å². The molecule has 1 aromatic rings. The fraction of sp³-hybridized carbons (Fsp3) is 0.462. The van der Waals surface area contributed by atoms with E-state index in [1.165, 1.54) is 31.7 Å². The maximum absolute atomic E-state index is 11.0. The second-order valence-corrected chi connectivity index (χ2v) is 4.31. The molecule has 1 amide bonds. The van der Waals surface area contributed by atoms with Gasteiger partial charge in [0.15, 0.2) is 0 Å². The first-order valence-electron chi connectivity index (χ1n) is 5.86. The molecule has 1 fully saturated rings. The topological polar surface area (TPSA) is 41.1 Å². The Balaban J connectivity index is 0.00000144. The van der Waals surface area contributed by atoms with Crippen LogP contribution in [-0.2, 0) is 4.79 Å². The van der Waals surface area contributed by atoms with Crippen LogP contribution in [0.5, 0.6) is 0 Å². The van der Waals surface area contributed by atoms with Crippen molar-refractivity contribution < 1.29 is 4.79 Å². The summed E-state index contributed by atoms with van der Waals surface area (Å²) in [6.07, 6.45) is 3.73. The van der Waals surface area contributed by atoms with Crippen molar-refractivity contribution in [1.82, 2.24) is 5.32 Å². The molecule has 0 aliphatic carbocycles. The lowest BCUT2D eigenvalue weighted by Gasteiger charge is -2.24. The number of hydrogen-bond donors (Lipinski definition) is 2. The van der Waals surface area contributed by atoms with Gasteiger partial charge in [0.05, 0.1) is 0 Å². The van der Waals surface area contributed by atoms with Crippen LogP contribution in [0.3, 0.4) is 0 Å². The van der Waals surface area contributed by atoms with Gasteiger partial charge in [-0.2, -0.15) is 0 Å². The van der Waals surface area contributed by atoms with Crippen LogP contribution < -0.4 is 10.6 Å². The van der Waals surface area contributed by atoms with Gasteiger partial charge in [0.2, 0.25) is 5.91 Å². The summed E-state index contributed by atoms with van der Waals surface area (Å²) in [6.45, 7) is 2.63. The summed E-state index contributed by atoms with van der Waals surface area (Å²) < 4.78 is 0. The van der Waals surface area contributed by atoms with Crippen LogP contribution in [0, 0.1) is 0 Å². The molecule has 2 N–H and O–H groups in total. The number of benzene rings is 1. The normalized spacial score (nSPS) is 19.2. The molecular formula is C13H19ClN2O. The number of carbonyl (C=O) groups is 1. The van der Waals surface area contributed by atoms with Crippen molar-refractivity contribution >= 4 is 24.0 Å². The standard InChI is InChI=1S/C13H18N2O.ClH/c1-10(16)15-12-6-4-5-11(9-12)13-7-2-3-8-14-13;/h4-6,9,13-14H,2-3,7-8H2,1H3,(H,15,16);1H. The highest BCUT2D eigenvalue weighted by Gasteiger charge is 2.14. The van der Waals surface area contributed by atoms with Crippen LogP contribution >= 0.6 is 12.4 Å². The van der Waals surface area contributed by atoms with Crippen LogP contribution in [0.1, 0.15) is 37.8 Å². The second-order valence-electron chi connectivity index (χ2n) is 4.31. The van der Waals surface area contributed by atoms with Gasteiger partial charge in [-0.05, 0) is 37.1 Å². The summed E-state index contributed by atoms with van der Waals surface area (Å²) in [5.41, 5.74) is 2.16. The molecule has 0 saturated carbocycles. The summed E-state index contributed by atoms with van der Waals surface area (Å²) in [5, 5.41) is 6.32. The zero-order valence-electron chi connectivity index (χ0n) is 10.0. The molecule has 3 nitrogen and oxygen atoms in total. The molecule has 17 heavy (non-hydrogen) atoms. The van der Waals surface area contributed by atoms with E-state index in [1.807, 2.05) is 12.1 Å². The van der Waals surface area contributed by atoms with Gasteiger partial charge in [0.1, 0.15) is 0 Å². The van der Waals surface area contributed by atoms with E-state index in [-0.39, 0.29) is 18.3 Å². The Hall–Kier alpha value is -1.06. The number of anilines is 1. The lowest BCUT2D eigenvalue weighted by molar-refractivity contribution is -0.114. The maximum atomic E-state index is 11.0. The number of carbonyl (C=O) groups excluding carboxylic acids is 1. The Morgan fingerprint density at radius 3 is 2.88 bits per heavy atom. The lowest BCUT2D eigenvalue weighted by atomic mass is 9.97. The lowest BCUT2D eigenvalue weighted by Crippen LogP contribution is -2.26. The Kier molecular flexibility index (Phi) is 5.45. The number of nitrogens with one attached hydrogen (secondary N) is 2. The molecule has 1 aliphatic rings. The Morgan fingerprint density at radius 2 is 2.24 bits per heavy atom. The molecule has 0 radical (unpaired) electrons. The molecule has 0 spiro atoms. The molecule has 1 aromatic carbocycles. The predicted octanol–water partition coefficient (Wildman–Crippen LogP) is 2.88. The first kappa shape index (κ1) is 14.0. The summed E-state index contributed by atoms with van der Waals surface area (Å²) in [7, 11) is 0. The van der Waals surface area contributed by atoms with Crippen molar-refractivity contribution in [3.63, 3.8) is 0 Å². The average Bonchev–Trinajstić information content (AvgIpc) is 2.30. The van der Waals surface area contributed by atoms with Crippen LogP contribution in [0.15, 0.2) is 24.3 Å². The molecule has 4 heteroatoms. The van der Waals surface area contributed by atoms with Gasteiger partial charge in [0, 0.05) is 18.7 Å². The van der Waals surface area contributed by atoms with Crippen molar-refractivity contribution in [3.8, 4) is 0 Å². The minimum atomic E-state index is -0.0197. The number of rotatable bonds is 2. The van der Waals surface area contributed by atoms with E-state index in [0.717, 1.165) is 12.2 Å². The van der Waals surface area contributed by atoms with E-state index in [9.17, 15) is 4.79 Å². The monoisotopic (exact) mass is 254 g/mol. The zero-order chi connectivity index (χ0) is 11.4. The predicted molar refractivity (Wildman–Crippen MR) is 72.6 cm³/mol. The first-order valence-corrected chi connectivity index (χ1v) is 5.86. The summed E-state index contributed by atoms with van der Waals surface area (Å²) in [5.74, 6) is -0.0197.